The Morgan fingerprint density at radius 2 is 2.00 bits per heavy atom. The van der Waals surface area contributed by atoms with Crippen molar-refractivity contribution < 1.29 is 0 Å². The Hall–Kier alpha value is -2.75. The van der Waals surface area contributed by atoms with Gasteiger partial charge in [0.05, 0.1) is 35.0 Å². The average Bonchev–Trinajstić information content (AvgIpc) is 2.52. The van der Waals surface area contributed by atoms with Crippen molar-refractivity contribution in [3.8, 4) is 0 Å². The first-order valence-corrected chi connectivity index (χ1v) is 6.59. The van der Waals surface area contributed by atoms with Crippen LogP contribution in [-0.2, 0) is 6.54 Å². The first-order chi connectivity index (χ1) is 9.92. The minimum atomic E-state index is 0.787. The number of aromatic nitrogens is 3. The lowest BCUT2D eigenvalue weighted by Crippen LogP contribution is -2.30. The second kappa shape index (κ2) is 3.42. The first-order valence-electron chi connectivity index (χ1n) is 6.59. The van der Waals surface area contributed by atoms with Crippen molar-refractivity contribution in [1.82, 2.24) is 19.9 Å². The Kier molecular flexibility index (Phi) is 1.72. The summed E-state index contributed by atoms with van der Waals surface area (Å²) in [5, 5.41) is 4.46. The number of fused-ring (bicyclic) bond motifs is 1. The summed E-state index contributed by atoms with van der Waals surface area (Å²) in [5.41, 5.74) is 3.15. The van der Waals surface area contributed by atoms with Gasteiger partial charge in [-0.2, -0.15) is 0 Å². The Bertz CT molecular complexity index is 969. The monoisotopic (exact) mass is 258 g/mol. The molecule has 0 bridgehead atoms. The van der Waals surface area contributed by atoms with Crippen LogP contribution >= 0.6 is 0 Å². The van der Waals surface area contributed by atoms with Gasteiger partial charge in [0.1, 0.15) is 0 Å². The molecule has 0 atom stereocenters. The maximum atomic E-state index is 4.67. The highest BCUT2D eigenvalue weighted by molar-refractivity contribution is 6.09. The van der Waals surface area contributed by atoms with Crippen LogP contribution in [0.2, 0.25) is 0 Å². The van der Waals surface area contributed by atoms with Crippen molar-refractivity contribution in [2.45, 2.75) is 6.54 Å². The van der Waals surface area contributed by atoms with E-state index >= 15 is 0 Å². The zero-order valence-corrected chi connectivity index (χ0v) is 10.6. The third-order valence-electron chi connectivity index (χ3n) is 3.97. The van der Waals surface area contributed by atoms with Crippen molar-refractivity contribution in [2.24, 2.45) is 0 Å². The molecule has 0 radical (unpaired) electrons. The van der Waals surface area contributed by atoms with Crippen LogP contribution in [0.25, 0.3) is 27.4 Å². The fraction of sp³-hybridized carbons (Fsp3) is 0.0625. The molecule has 0 spiro atoms. The molecule has 20 heavy (non-hydrogen) atoms. The smallest absolute Gasteiger partial charge is 0.0965 e. The normalized spacial score (nSPS) is 16.2. The van der Waals surface area contributed by atoms with Crippen LogP contribution in [0.15, 0.2) is 49.1 Å². The minimum Gasteiger partial charge on any atom is -0.340 e. The van der Waals surface area contributed by atoms with E-state index < -0.39 is 0 Å². The zero-order valence-electron chi connectivity index (χ0n) is 10.6. The lowest BCUT2D eigenvalue weighted by molar-refractivity contribution is 0.509. The summed E-state index contributed by atoms with van der Waals surface area (Å²) in [6.07, 6.45) is 13.9. The summed E-state index contributed by atoms with van der Waals surface area (Å²) in [7, 11) is 0. The Morgan fingerprint density at radius 1 is 1.00 bits per heavy atom. The molecule has 3 aromatic heterocycles. The summed E-state index contributed by atoms with van der Waals surface area (Å²) < 4.78 is 0. The molecule has 0 aromatic carbocycles. The molecule has 2 aliphatic rings. The van der Waals surface area contributed by atoms with Crippen molar-refractivity contribution in [1.29, 1.82) is 0 Å². The number of nitrogens with zero attached hydrogens (tertiary/aromatic N) is 4. The van der Waals surface area contributed by atoms with E-state index in [1.54, 1.807) is 0 Å². The van der Waals surface area contributed by atoms with Crippen LogP contribution in [-0.4, -0.2) is 19.9 Å². The molecule has 0 fully saturated rings. The van der Waals surface area contributed by atoms with Crippen LogP contribution in [0, 0.1) is 0 Å². The molecule has 0 N–H and O–H groups in total. The quantitative estimate of drug-likeness (QED) is 0.617. The number of hydrogen-bond donors (Lipinski definition) is 0. The molecular weight excluding hydrogens is 248 g/mol. The van der Waals surface area contributed by atoms with Gasteiger partial charge in [0, 0.05) is 34.8 Å². The molecule has 94 valence electrons. The van der Waals surface area contributed by atoms with Gasteiger partial charge in [0.2, 0.25) is 0 Å². The molecule has 5 heterocycles. The Balaban J connectivity index is 2.11. The summed E-state index contributed by atoms with van der Waals surface area (Å²) in [4.78, 5) is 15.9. The number of hydrogen-bond acceptors (Lipinski definition) is 4. The summed E-state index contributed by atoms with van der Waals surface area (Å²) in [6, 6.07) is 2.01. The highest BCUT2D eigenvalue weighted by Gasteiger charge is 2.21. The maximum absolute atomic E-state index is 4.67. The predicted octanol–water partition coefficient (Wildman–Crippen LogP) is 1.90. The van der Waals surface area contributed by atoms with E-state index in [2.05, 4.69) is 32.1 Å². The fourth-order valence-electron chi connectivity index (χ4n) is 3.08. The van der Waals surface area contributed by atoms with E-state index in [-0.39, 0.29) is 0 Å². The summed E-state index contributed by atoms with van der Waals surface area (Å²) in [5.74, 6) is 0. The Labute approximate surface area is 114 Å². The minimum absolute atomic E-state index is 0.787. The van der Waals surface area contributed by atoms with Crippen LogP contribution in [0.4, 0.5) is 0 Å². The maximum Gasteiger partial charge on any atom is 0.0965 e. The molecule has 3 aromatic rings. The molecule has 0 unspecified atom stereocenters. The second-order valence-electron chi connectivity index (χ2n) is 5.06. The molecule has 0 saturated carbocycles. The van der Waals surface area contributed by atoms with Gasteiger partial charge in [-0.05, 0) is 18.2 Å². The number of allylic oxidation sites excluding steroid dienone is 2. The highest BCUT2D eigenvalue weighted by Crippen LogP contribution is 2.29. The van der Waals surface area contributed by atoms with Gasteiger partial charge in [-0.15, -0.1) is 0 Å². The third kappa shape index (κ3) is 1.13. The standard InChI is InChI=1S/C16H10N4/c1-2-6-20-9-12-15-14-10(4-5-17-11(14)8-18-12)7-19-16(15)13(20)3-1/h1-8H,9H2. The van der Waals surface area contributed by atoms with Crippen LogP contribution < -0.4 is 5.35 Å². The molecule has 0 saturated heterocycles. The van der Waals surface area contributed by atoms with Gasteiger partial charge in [-0.25, -0.2) is 0 Å². The first kappa shape index (κ1) is 10.1. The van der Waals surface area contributed by atoms with Gasteiger partial charge >= 0.3 is 0 Å². The summed E-state index contributed by atoms with van der Waals surface area (Å²) >= 11 is 0. The molecule has 0 amide bonds. The van der Waals surface area contributed by atoms with Gasteiger partial charge in [-0.1, -0.05) is 6.08 Å². The number of rotatable bonds is 0. The van der Waals surface area contributed by atoms with Crippen molar-refractivity contribution in [3.05, 3.63) is 60.1 Å². The molecular formula is C16H10N4. The Morgan fingerprint density at radius 3 is 3.00 bits per heavy atom. The van der Waals surface area contributed by atoms with Crippen molar-refractivity contribution >= 4 is 27.4 Å². The van der Waals surface area contributed by atoms with Gasteiger partial charge in [0.15, 0.2) is 0 Å². The third-order valence-corrected chi connectivity index (χ3v) is 3.97. The lowest BCUT2D eigenvalue weighted by Gasteiger charge is -2.27. The van der Waals surface area contributed by atoms with Crippen molar-refractivity contribution in [3.63, 3.8) is 0 Å². The largest absolute Gasteiger partial charge is 0.340 e. The van der Waals surface area contributed by atoms with Crippen LogP contribution in [0.3, 0.4) is 0 Å². The van der Waals surface area contributed by atoms with E-state index in [0.717, 1.165) is 39.6 Å². The molecule has 2 aliphatic heterocycles. The van der Waals surface area contributed by atoms with Gasteiger partial charge in [-0.3, -0.25) is 15.0 Å². The topological polar surface area (TPSA) is 41.9 Å². The van der Waals surface area contributed by atoms with E-state index in [0.29, 0.717) is 0 Å². The number of pyridine rings is 3. The average molecular weight is 258 g/mol. The SMILES string of the molecule is C1=CC2=c3ncc4ccnc5cnc(c3c45)CN2C=C1. The molecule has 4 nitrogen and oxygen atoms in total. The highest BCUT2D eigenvalue weighted by atomic mass is 15.1. The fourth-order valence-corrected chi connectivity index (χ4v) is 3.08. The predicted molar refractivity (Wildman–Crippen MR) is 77.3 cm³/mol. The lowest BCUT2D eigenvalue weighted by atomic mass is 10.0. The molecule has 0 aliphatic carbocycles. The second-order valence-corrected chi connectivity index (χ2v) is 5.06. The van der Waals surface area contributed by atoms with E-state index in [1.807, 2.05) is 36.8 Å². The van der Waals surface area contributed by atoms with Gasteiger partial charge in [0.25, 0.3) is 0 Å². The van der Waals surface area contributed by atoms with Crippen molar-refractivity contribution in [2.75, 3.05) is 0 Å². The molecule has 4 heteroatoms. The van der Waals surface area contributed by atoms with E-state index in [9.17, 15) is 0 Å². The molecule has 5 rings (SSSR count). The summed E-state index contributed by atoms with van der Waals surface area (Å²) in [6.45, 7) is 0.787. The van der Waals surface area contributed by atoms with Crippen LogP contribution in [0.5, 0.6) is 0 Å². The van der Waals surface area contributed by atoms with E-state index in [1.165, 1.54) is 5.39 Å². The zero-order chi connectivity index (χ0) is 13.1. The van der Waals surface area contributed by atoms with E-state index in [4.69, 9.17) is 0 Å². The van der Waals surface area contributed by atoms with Gasteiger partial charge < -0.3 is 4.90 Å². The van der Waals surface area contributed by atoms with Crippen LogP contribution in [0.1, 0.15) is 5.69 Å².